The molecule has 2 fully saturated rings. The van der Waals surface area contributed by atoms with Crippen molar-refractivity contribution in [2.24, 2.45) is 0 Å². The Hall–Kier alpha value is -0.260. The van der Waals surface area contributed by atoms with Crippen molar-refractivity contribution < 1.29 is 9.53 Å². The monoisotopic (exact) mass is 244 g/mol. The van der Waals surface area contributed by atoms with E-state index in [9.17, 15) is 4.79 Å². The molecular weight excluding hydrogens is 224 g/mol. The number of nitrogens with one attached hydrogen (secondary N) is 2. The molecule has 5 heteroatoms. The van der Waals surface area contributed by atoms with Gasteiger partial charge in [0.15, 0.2) is 0 Å². The van der Waals surface area contributed by atoms with Gasteiger partial charge in [0, 0.05) is 24.8 Å². The summed E-state index contributed by atoms with van der Waals surface area (Å²) < 4.78 is 5.61. The molecule has 0 aromatic rings. The fourth-order valence-electron chi connectivity index (χ4n) is 2.08. The third-order valence-electron chi connectivity index (χ3n) is 3.07. The quantitative estimate of drug-likeness (QED) is 0.765. The molecule has 0 saturated carbocycles. The average molecular weight is 244 g/mol. The van der Waals surface area contributed by atoms with Gasteiger partial charge in [-0.15, -0.1) is 11.8 Å². The highest BCUT2D eigenvalue weighted by Gasteiger charge is 2.22. The smallest absolute Gasteiger partial charge is 0.238 e. The zero-order chi connectivity index (χ0) is 11.2. The molecule has 4 nitrogen and oxygen atoms in total. The first-order valence-corrected chi connectivity index (χ1v) is 7.22. The van der Waals surface area contributed by atoms with Crippen LogP contribution in [0.4, 0.5) is 0 Å². The van der Waals surface area contributed by atoms with Crippen LogP contribution in [0.15, 0.2) is 0 Å². The summed E-state index contributed by atoms with van der Waals surface area (Å²) in [7, 11) is 0. The molecule has 0 aliphatic carbocycles. The van der Waals surface area contributed by atoms with Crippen molar-refractivity contribution in [1.82, 2.24) is 10.6 Å². The highest BCUT2D eigenvalue weighted by molar-refractivity contribution is 7.99. The Kier molecular flexibility index (Phi) is 4.93. The summed E-state index contributed by atoms with van der Waals surface area (Å²) in [5.41, 5.74) is 0. The average Bonchev–Trinajstić information content (AvgIpc) is 2.84. The normalized spacial score (nSPS) is 30.2. The SMILES string of the molecule is O=C(NCCC1CCCCO1)C1CSCN1. The van der Waals surface area contributed by atoms with Crippen molar-refractivity contribution in [2.75, 3.05) is 24.8 Å². The van der Waals surface area contributed by atoms with Crippen LogP contribution in [-0.4, -0.2) is 42.8 Å². The number of amides is 1. The predicted molar refractivity (Wildman–Crippen MR) is 65.5 cm³/mol. The van der Waals surface area contributed by atoms with E-state index in [1.807, 2.05) is 0 Å². The predicted octanol–water partition coefficient (Wildman–Crippen LogP) is 0.724. The standard InChI is InChI=1S/C11H20N2O2S/c14-11(10-7-16-8-13-10)12-5-4-9-3-1-2-6-15-9/h9-10,13H,1-8H2,(H,12,14). The van der Waals surface area contributed by atoms with E-state index in [4.69, 9.17) is 4.74 Å². The molecule has 0 aromatic heterocycles. The summed E-state index contributed by atoms with van der Waals surface area (Å²) >= 11 is 1.78. The minimum Gasteiger partial charge on any atom is -0.378 e. The molecule has 2 aliphatic heterocycles. The Morgan fingerprint density at radius 1 is 1.50 bits per heavy atom. The number of rotatable bonds is 4. The van der Waals surface area contributed by atoms with E-state index in [2.05, 4.69) is 10.6 Å². The number of carbonyl (C=O) groups is 1. The van der Waals surface area contributed by atoms with Crippen LogP contribution in [0.3, 0.4) is 0 Å². The first-order valence-electron chi connectivity index (χ1n) is 6.07. The fourth-order valence-corrected chi connectivity index (χ4v) is 3.02. The van der Waals surface area contributed by atoms with Gasteiger partial charge in [-0.25, -0.2) is 0 Å². The third-order valence-corrected chi connectivity index (χ3v) is 4.01. The molecular formula is C11H20N2O2S. The van der Waals surface area contributed by atoms with Gasteiger partial charge in [-0.05, 0) is 25.7 Å². The Morgan fingerprint density at radius 3 is 3.12 bits per heavy atom. The van der Waals surface area contributed by atoms with Gasteiger partial charge >= 0.3 is 0 Å². The highest BCUT2D eigenvalue weighted by Crippen LogP contribution is 2.15. The number of ether oxygens (including phenoxy) is 1. The van der Waals surface area contributed by atoms with E-state index < -0.39 is 0 Å². The lowest BCUT2D eigenvalue weighted by atomic mass is 10.1. The summed E-state index contributed by atoms with van der Waals surface area (Å²) in [5, 5.41) is 6.14. The third kappa shape index (κ3) is 3.64. The first kappa shape index (κ1) is 12.2. The lowest BCUT2D eigenvalue weighted by Gasteiger charge is -2.22. The van der Waals surface area contributed by atoms with Crippen molar-refractivity contribution in [3.63, 3.8) is 0 Å². The van der Waals surface area contributed by atoms with Crippen LogP contribution in [0.5, 0.6) is 0 Å². The lowest BCUT2D eigenvalue weighted by Crippen LogP contribution is -2.43. The summed E-state index contributed by atoms with van der Waals surface area (Å²) in [5.74, 6) is 1.93. The molecule has 0 bridgehead atoms. The Morgan fingerprint density at radius 2 is 2.44 bits per heavy atom. The van der Waals surface area contributed by atoms with E-state index in [-0.39, 0.29) is 11.9 Å². The van der Waals surface area contributed by atoms with Crippen LogP contribution in [-0.2, 0) is 9.53 Å². The first-order chi connectivity index (χ1) is 7.86. The Labute approximate surface area is 101 Å². The maximum absolute atomic E-state index is 11.7. The molecule has 0 aromatic carbocycles. The zero-order valence-electron chi connectivity index (χ0n) is 9.54. The molecule has 2 aliphatic rings. The van der Waals surface area contributed by atoms with Gasteiger partial charge in [0.05, 0.1) is 12.1 Å². The maximum Gasteiger partial charge on any atom is 0.238 e. The van der Waals surface area contributed by atoms with Crippen molar-refractivity contribution in [3.8, 4) is 0 Å². The van der Waals surface area contributed by atoms with Crippen molar-refractivity contribution in [1.29, 1.82) is 0 Å². The second-order valence-corrected chi connectivity index (χ2v) is 5.37. The van der Waals surface area contributed by atoms with Gasteiger partial charge in [0.1, 0.15) is 0 Å². The van der Waals surface area contributed by atoms with Gasteiger partial charge in [-0.1, -0.05) is 0 Å². The molecule has 2 atom stereocenters. The maximum atomic E-state index is 11.7. The van der Waals surface area contributed by atoms with Crippen LogP contribution >= 0.6 is 11.8 Å². The van der Waals surface area contributed by atoms with Crippen molar-refractivity contribution >= 4 is 17.7 Å². The second-order valence-electron chi connectivity index (χ2n) is 4.34. The minimum absolute atomic E-state index is 0.0114. The molecule has 2 rings (SSSR count). The molecule has 1 amide bonds. The molecule has 16 heavy (non-hydrogen) atoms. The summed E-state index contributed by atoms with van der Waals surface area (Å²) in [6.07, 6.45) is 4.91. The molecule has 92 valence electrons. The van der Waals surface area contributed by atoms with Crippen LogP contribution < -0.4 is 10.6 Å². The van der Waals surface area contributed by atoms with Gasteiger partial charge in [0.25, 0.3) is 0 Å². The van der Waals surface area contributed by atoms with E-state index in [0.717, 1.165) is 37.6 Å². The fraction of sp³-hybridized carbons (Fsp3) is 0.909. The molecule has 2 heterocycles. The van der Waals surface area contributed by atoms with Crippen LogP contribution in [0.25, 0.3) is 0 Å². The summed E-state index contributed by atoms with van der Waals surface area (Å²) in [6, 6.07) is 0.0114. The number of hydrogen-bond acceptors (Lipinski definition) is 4. The molecule has 2 N–H and O–H groups in total. The molecule has 0 radical (unpaired) electrons. The molecule has 2 saturated heterocycles. The Balaban J connectivity index is 1.57. The summed E-state index contributed by atoms with van der Waals surface area (Å²) in [6.45, 7) is 1.63. The van der Waals surface area contributed by atoms with E-state index >= 15 is 0 Å². The largest absolute Gasteiger partial charge is 0.378 e. The Bertz CT molecular complexity index is 226. The van der Waals surface area contributed by atoms with Crippen molar-refractivity contribution in [2.45, 2.75) is 37.8 Å². The molecule has 0 spiro atoms. The number of hydrogen-bond donors (Lipinski definition) is 2. The van der Waals surface area contributed by atoms with Crippen LogP contribution in [0, 0.1) is 0 Å². The van der Waals surface area contributed by atoms with E-state index in [1.165, 1.54) is 12.8 Å². The highest BCUT2D eigenvalue weighted by atomic mass is 32.2. The van der Waals surface area contributed by atoms with Crippen LogP contribution in [0.2, 0.25) is 0 Å². The van der Waals surface area contributed by atoms with Gasteiger partial charge in [-0.3, -0.25) is 10.1 Å². The number of carbonyl (C=O) groups excluding carboxylic acids is 1. The molecule has 2 unspecified atom stereocenters. The van der Waals surface area contributed by atoms with Crippen molar-refractivity contribution in [3.05, 3.63) is 0 Å². The second kappa shape index (κ2) is 6.47. The lowest BCUT2D eigenvalue weighted by molar-refractivity contribution is -0.122. The van der Waals surface area contributed by atoms with Crippen LogP contribution in [0.1, 0.15) is 25.7 Å². The number of thioether (sulfide) groups is 1. The zero-order valence-corrected chi connectivity index (χ0v) is 10.4. The van der Waals surface area contributed by atoms with E-state index in [0.29, 0.717) is 6.10 Å². The van der Waals surface area contributed by atoms with Gasteiger partial charge in [-0.2, -0.15) is 0 Å². The topological polar surface area (TPSA) is 50.4 Å². The minimum atomic E-state index is 0.0114. The van der Waals surface area contributed by atoms with Gasteiger partial charge < -0.3 is 10.1 Å². The van der Waals surface area contributed by atoms with E-state index in [1.54, 1.807) is 11.8 Å². The van der Waals surface area contributed by atoms with Gasteiger partial charge in [0.2, 0.25) is 5.91 Å². The summed E-state index contributed by atoms with van der Waals surface area (Å²) in [4.78, 5) is 11.7.